The van der Waals surface area contributed by atoms with Crippen LogP contribution in [-0.4, -0.2) is 32.9 Å². The molecule has 0 saturated heterocycles. The minimum absolute atomic E-state index is 0.121. The van der Waals surface area contributed by atoms with Gasteiger partial charge in [0.25, 0.3) is 17.4 Å². The Kier molecular flexibility index (Phi) is 6.21. The smallest absolute Gasteiger partial charge is 0.329 e. The van der Waals surface area contributed by atoms with Crippen LogP contribution in [0, 0.1) is 0 Å². The SMILES string of the molecule is C=CCNC(=O)c1ccccc1NC(=O)c1cnc2c(c1)c(=O)[nH]c(=O)n2CCC. The highest BCUT2D eigenvalue weighted by molar-refractivity contribution is 6.09. The quantitative estimate of drug-likeness (QED) is 0.514. The van der Waals surface area contributed by atoms with Gasteiger partial charge in [0.05, 0.1) is 22.2 Å². The number of aryl methyl sites for hydroxylation is 1. The Morgan fingerprint density at radius 3 is 2.73 bits per heavy atom. The first-order chi connectivity index (χ1) is 14.5. The normalized spacial score (nSPS) is 10.6. The van der Waals surface area contributed by atoms with Crippen LogP contribution < -0.4 is 21.9 Å². The summed E-state index contributed by atoms with van der Waals surface area (Å²) < 4.78 is 1.36. The highest BCUT2D eigenvalue weighted by Gasteiger charge is 2.16. The van der Waals surface area contributed by atoms with Crippen LogP contribution in [0.2, 0.25) is 0 Å². The van der Waals surface area contributed by atoms with Crippen molar-refractivity contribution in [1.29, 1.82) is 0 Å². The van der Waals surface area contributed by atoms with E-state index in [1.807, 2.05) is 6.92 Å². The molecular formula is C21H21N5O4. The zero-order valence-electron chi connectivity index (χ0n) is 16.4. The minimum atomic E-state index is -0.617. The van der Waals surface area contributed by atoms with Crippen LogP contribution in [0.3, 0.4) is 0 Å². The number of carbonyl (C=O) groups is 2. The van der Waals surface area contributed by atoms with Crippen molar-refractivity contribution in [3.8, 4) is 0 Å². The Bertz CT molecular complexity index is 1240. The standard InChI is InChI=1S/C21H21N5O4/c1-3-9-22-19(28)14-7-5-6-8-16(14)24-18(27)13-11-15-17(23-12-13)26(10-4-2)21(30)25-20(15)29/h3,5-8,11-12H,1,4,9-10H2,2H3,(H,22,28)(H,24,27)(H,25,29,30). The molecule has 30 heavy (non-hydrogen) atoms. The monoisotopic (exact) mass is 407 g/mol. The van der Waals surface area contributed by atoms with Gasteiger partial charge in [-0.15, -0.1) is 6.58 Å². The molecule has 9 heteroatoms. The van der Waals surface area contributed by atoms with Gasteiger partial charge in [-0.05, 0) is 24.6 Å². The fourth-order valence-electron chi connectivity index (χ4n) is 2.97. The lowest BCUT2D eigenvalue weighted by molar-refractivity contribution is 0.0959. The molecule has 2 heterocycles. The number of nitrogens with one attached hydrogen (secondary N) is 3. The van der Waals surface area contributed by atoms with Gasteiger partial charge in [0.1, 0.15) is 5.65 Å². The van der Waals surface area contributed by atoms with E-state index in [1.54, 1.807) is 30.3 Å². The topological polar surface area (TPSA) is 126 Å². The third-order valence-corrected chi connectivity index (χ3v) is 4.37. The van der Waals surface area contributed by atoms with Crippen LogP contribution in [0.25, 0.3) is 11.0 Å². The predicted octanol–water partition coefficient (Wildman–Crippen LogP) is 1.66. The zero-order valence-corrected chi connectivity index (χ0v) is 16.4. The molecular weight excluding hydrogens is 386 g/mol. The number of aromatic amines is 1. The number of carbonyl (C=O) groups excluding carboxylic acids is 2. The largest absolute Gasteiger partial charge is 0.349 e. The van der Waals surface area contributed by atoms with E-state index >= 15 is 0 Å². The third-order valence-electron chi connectivity index (χ3n) is 4.37. The van der Waals surface area contributed by atoms with Crippen molar-refractivity contribution in [2.24, 2.45) is 0 Å². The predicted molar refractivity (Wildman–Crippen MR) is 114 cm³/mol. The first-order valence-corrected chi connectivity index (χ1v) is 9.38. The average Bonchev–Trinajstić information content (AvgIpc) is 2.75. The van der Waals surface area contributed by atoms with Crippen molar-refractivity contribution < 1.29 is 9.59 Å². The molecule has 0 aliphatic heterocycles. The number of pyridine rings is 1. The van der Waals surface area contributed by atoms with Gasteiger partial charge in [-0.25, -0.2) is 9.78 Å². The molecule has 0 spiro atoms. The third kappa shape index (κ3) is 4.19. The van der Waals surface area contributed by atoms with Crippen molar-refractivity contribution in [1.82, 2.24) is 19.9 Å². The summed E-state index contributed by atoms with van der Waals surface area (Å²) in [5.74, 6) is -0.900. The maximum atomic E-state index is 12.8. The van der Waals surface area contributed by atoms with Gasteiger partial charge >= 0.3 is 5.69 Å². The molecule has 9 nitrogen and oxygen atoms in total. The van der Waals surface area contributed by atoms with Crippen LogP contribution in [0.1, 0.15) is 34.1 Å². The lowest BCUT2D eigenvalue weighted by Gasteiger charge is -2.12. The number of aromatic nitrogens is 3. The van der Waals surface area contributed by atoms with Crippen LogP contribution in [-0.2, 0) is 6.54 Å². The number of nitrogens with zero attached hydrogens (tertiary/aromatic N) is 2. The molecule has 1 aromatic carbocycles. The number of rotatable bonds is 7. The Morgan fingerprint density at radius 1 is 1.23 bits per heavy atom. The molecule has 0 aliphatic carbocycles. The summed E-state index contributed by atoms with van der Waals surface area (Å²) in [5, 5.41) is 5.46. The van der Waals surface area contributed by atoms with Crippen molar-refractivity contribution >= 4 is 28.5 Å². The number of fused-ring (bicyclic) bond motifs is 1. The summed E-state index contributed by atoms with van der Waals surface area (Å²) in [4.78, 5) is 55.7. The van der Waals surface area contributed by atoms with Gasteiger partial charge in [0, 0.05) is 19.3 Å². The molecule has 0 radical (unpaired) electrons. The Morgan fingerprint density at radius 2 is 2.00 bits per heavy atom. The molecule has 3 aromatic rings. The highest BCUT2D eigenvalue weighted by atomic mass is 16.2. The number of anilines is 1. The molecule has 0 bridgehead atoms. The maximum absolute atomic E-state index is 12.8. The van der Waals surface area contributed by atoms with Crippen molar-refractivity contribution in [3.63, 3.8) is 0 Å². The van der Waals surface area contributed by atoms with E-state index in [0.29, 0.717) is 18.7 Å². The molecule has 0 aliphatic rings. The number of hydrogen-bond donors (Lipinski definition) is 3. The van der Waals surface area contributed by atoms with E-state index < -0.39 is 17.2 Å². The molecule has 2 aromatic heterocycles. The van der Waals surface area contributed by atoms with E-state index in [9.17, 15) is 19.2 Å². The van der Waals surface area contributed by atoms with Crippen LogP contribution in [0.15, 0.2) is 58.8 Å². The number of H-pyrrole nitrogens is 1. The summed E-state index contributed by atoms with van der Waals surface area (Å²) in [6.45, 7) is 6.12. The summed E-state index contributed by atoms with van der Waals surface area (Å²) in [6.07, 6.45) is 3.52. The molecule has 0 atom stereocenters. The Labute approximate surface area is 171 Å². The van der Waals surface area contributed by atoms with E-state index in [-0.39, 0.29) is 34.6 Å². The second-order valence-corrected chi connectivity index (χ2v) is 6.50. The van der Waals surface area contributed by atoms with Gasteiger partial charge in [0.15, 0.2) is 0 Å². The lowest BCUT2D eigenvalue weighted by atomic mass is 10.1. The van der Waals surface area contributed by atoms with Gasteiger partial charge in [0.2, 0.25) is 0 Å². The molecule has 3 rings (SSSR count). The minimum Gasteiger partial charge on any atom is -0.349 e. The van der Waals surface area contributed by atoms with Gasteiger partial charge < -0.3 is 10.6 Å². The molecule has 3 N–H and O–H groups in total. The molecule has 154 valence electrons. The van der Waals surface area contributed by atoms with Crippen LogP contribution >= 0.6 is 0 Å². The van der Waals surface area contributed by atoms with E-state index in [1.165, 1.54) is 16.8 Å². The number of para-hydroxylation sites is 1. The average molecular weight is 407 g/mol. The van der Waals surface area contributed by atoms with E-state index in [0.717, 1.165) is 0 Å². The van der Waals surface area contributed by atoms with Crippen LogP contribution in [0.5, 0.6) is 0 Å². The summed E-state index contributed by atoms with van der Waals surface area (Å²) >= 11 is 0. The fraction of sp³-hybridized carbons (Fsp3) is 0.190. The molecule has 0 fully saturated rings. The maximum Gasteiger partial charge on any atom is 0.329 e. The first-order valence-electron chi connectivity index (χ1n) is 9.38. The van der Waals surface area contributed by atoms with Gasteiger partial charge in [-0.2, -0.15) is 0 Å². The van der Waals surface area contributed by atoms with E-state index in [4.69, 9.17) is 0 Å². The van der Waals surface area contributed by atoms with Gasteiger partial charge in [-0.3, -0.25) is 23.9 Å². The highest BCUT2D eigenvalue weighted by Crippen LogP contribution is 2.17. The second kappa shape index (κ2) is 8.99. The number of benzene rings is 1. The summed E-state index contributed by atoms with van der Waals surface area (Å²) in [6, 6.07) is 7.93. The molecule has 2 amide bonds. The van der Waals surface area contributed by atoms with Crippen LogP contribution in [0.4, 0.5) is 5.69 Å². The second-order valence-electron chi connectivity index (χ2n) is 6.50. The van der Waals surface area contributed by atoms with Crippen molar-refractivity contribution in [2.75, 3.05) is 11.9 Å². The fourth-order valence-corrected chi connectivity index (χ4v) is 2.97. The van der Waals surface area contributed by atoms with Crippen molar-refractivity contribution in [2.45, 2.75) is 19.9 Å². The first kappa shape index (κ1) is 20.7. The van der Waals surface area contributed by atoms with Gasteiger partial charge in [-0.1, -0.05) is 25.1 Å². The van der Waals surface area contributed by atoms with E-state index in [2.05, 4.69) is 27.2 Å². The summed E-state index contributed by atoms with van der Waals surface area (Å²) in [5.41, 5.74) is -0.223. The number of hydrogen-bond acceptors (Lipinski definition) is 5. The lowest BCUT2D eigenvalue weighted by Crippen LogP contribution is -2.31. The summed E-state index contributed by atoms with van der Waals surface area (Å²) in [7, 11) is 0. The Balaban J connectivity index is 1.95. The van der Waals surface area contributed by atoms with Crippen molar-refractivity contribution in [3.05, 3.63) is 81.1 Å². The number of amides is 2. The Hall–Kier alpha value is -4.01. The zero-order chi connectivity index (χ0) is 21.7. The molecule has 0 saturated carbocycles. The molecule has 0 unspecified atom stereocenters.